The summed E-state index contributed by atoms with van der Waals surface area (Å²) in [5, 5.41) is 4.41. The van der Waals surface area contributed by atoms with Crippen LogP contribution < -0.4 is 0 Å². The van der Waals surface area contributed by atoms with Crippen molar-refractivity contribution in [1.82, 2.24) is 19.5 Å². The van der Waals surface area contributed by atoms with Crippen molar-refractivity contribution < 1.29 is 14.3 Å². The largest absolute Gasteiger partial charge is 0.347 e. The number of carbonyl (C=O) groups is 1. The summed E-state index contributed by atoms with van der Waals surface area (Å²) in [6, 6.07) is 5.66. The first-order valence-corrected chi connectivity index (χ1v) is 10.0. The van der Waals surface area contributed by atoms with Gasteiger partial charge in [-0.05, 0) is 18.2 Å². The highest BCUT2D eigenvalue weighted by Crippen LogP contribution is 2.33. The smallest absolute Gasteiger partial charge is 0.259 e. The van der Waals surface area contributed by atoms with Crippen molar-refractivity contribution in [3.8, 4) is 10.6 Å². The Hall–Kier alpha value is -2.00. The maximum absolute atomic E-state index is 13.1. The molecule has 1 spiro atoms. The normalized spacial score (nSPS) is 19.2. The van der Waals surface area contributed by atoms with E-state index in [0.29, 0.717) is 54.7 Å². The molecule has 0 N–H and O–H groups in total. The molecule has 2 aliphatic heterocycles. The highest BCUT2D eigenvalue weighted by Gasteiger charge is 2.41. The topological polar surface area (TPSA) is 69.0 Å². The number of carbonyl (C=O) groups excluding carboxylic acids is 1. The second-order valence-electron chi connectivity index (χ2n) is 6.63. The van der Waals surface area contributed by atoms with Gasteiger partial charge in [-0.3, -0.25) is 4.79 Å². The van der Waals surface area contributed by atoms with E-state index in [4.69, 9.17) is 21.1 Å². The zero-order valence-corrected chi connectivity index (χ0v) is 16.0. The molecule has 27 heavy (non-hydrogen) atoms. The lowest BCUT2D eigenvalue weighted by Gasteiger charge is -2.37. The van der Waals surface area contributed by atoms with Crippen LogP contribution in [0.4, 0.5) is 0 Å². The van der Waals surface area contributed by atoms with Gasteiger partial charge in [0.2, 0.25) is 0 Å². The van der Waals surface area contributed by atoms with Crippen LogP contribution in [-0.2, 0) is 9.47 Å². The van der Waals surface area contributed by atoms with Crippen LogP contribution in [0.2, 0.25) is 4.34 Å². The van der Waals surface area contributed by atoms with Gasteiger partial charge in [-0.2, -0.15) is 5.10 Å². The van der Waals surface area contributed by atoms with Gasteiger partial charge in [-0.25, -0.2) is 9.50 Å². The van der Waals surface area contributed by atoms with E-state index in [1.807, 2.05) is 23.1 Å². The molecule has 0 aromatic carbocycles. The van der Waals surface area contributed by atoms with Gasteiger partial charge in [0.15, 0.2) is 11.4 Å². The summed E-state index contributed by atoms with van der Waals surface area (Å²) < 4.78 is 13.9. The second kappa shape index (κ2) is 6.56. The van der Waals surface area contributed by atoms with Crippen molar-refractivity contribution in [2.75, 3.05) is 26.3 Å². The minimum atomic E-state index is -0.498. The van der Waals surface area contributed by atoms with E-state index in [9.17, 15) is 4.79 Å². The van der Waals surface area contributed by atoms with Crippen LogP contribution in [0.1, 0.15) is 23.2 Å². The van der Waals surface area contributed by atoms with E-state index in [2.05, 4.69) is 10.1 Å². The SMILES string of the molecule is O=C(c1cnn2c(-c3ccc(Cl)s3)ccnc12)N1CCC2(CC1)OCCO2. The quantitative estimate of drug-likeness (QED) is 0.656. The molecule has 9 heteroatoms. The average Bonchev–Trinajstić information content (AvgIpc) is 3.42. The van der Waals surface area contributed by atoms with Crippen molar-refractivity contribution in [2.45, 2.75) is 18.6 Å². The van der Waals surface area contributed by atoms with Gasteiger partial charge < -0.3 is 14.4 Å². The molecule has 5 rings (SSSR count). The Balaban J connectivity index is 1.43. The minimum absolute atomic E-state index is 0.0632. The van der Waals surface area contributed by atoms with Gasteiger partial charge >= 0.3 is 0 Å². The monoisotopic (exact) mass is 404 g/mol. The van der Waals surface area contributed by atoms with Crippen LogP contribution in [0, 0.1) is 0 Å². The van der Waals surface area contributed by atoms with Crippen molar-refractivity contribution in [3.05, 3.63) is 40.5 Å². The fourth-order valence-corrected chi connectivity index (χ4v) is 4.74. The summed E-state index contributed by atoms with van der Waals surface area (Å²) in [6.07, 6.45) is 4.66. The molecular formula is C18H17ClN4O3S. The van der Waals surface area contributed by atoms with Gasteiger partial charge in [0.25, 0.3) is 5.91 Å². The van der Waals surface area contributed by atoms with Crippen molar-refractivity contribution in [3.63, 3.8) is 0 Å². The Morgan fingerprint density at radius 3 is 2.67 bits per heavy atom. The van der Waals surface area contributed by atoms with Crippen LogP contribution >= 0.6 is 22.9 Å². The lowest BCUT2D eigenvalue weighted by atomic mass is 10.0. The number of fused-ring (bicyclic) bond motifs is 1. The lowest BCUT2D eigenvalue weighted by molar-refractivity contribution is -0.181. The fourth-order valence-electron chi connectivity index (χ4n) is 3.69. The Bertz CT molecular complexity index is 1000. The number of likely N-dealkylation sites (tertiary alicyclic amines) is 1. The zero-order chi connectivity index (χ0) is 18.4. The number of amides is 1. The molecule has 2 saturated heterocycles. The molecule has 3 aromatic heterocycles. The van der Waals surface area contributed by atoms with E-state index in [1.165, 1.54) is 11.3 Å². The number of thiophene rings is 1. The number of rotatable bonds is 2. The molecule has 0 atom stereocenters. The molecule has 0 radical (unpaired) electrons. The summed E-state index contributed by atoms with van der Waals surface area (Å²) in [7, 11) is 0. The Labute approximate surface area is 164 Å². The van der Waals surface area contributed by atoms with E-state index in [1.54, 1.807) is 16.9 Å². The zero-order valence-electron chi connectivity index (χ0n) is 14.4. The molecule has 140 valence electrons. The van der Waals surface area contributed by atoms with Gasteiger partial charge in [-0.15, -0.1) is 11.3 Å². The summed E-state index contributed by atoms with van der Waals surface area (Å²) in [6.45, 7) is 2.44. The van der Waals surface area contributed by atoms with Crippen LogP contribution in [0.5, 0.6) is 0 Å². The molecular weight excluding hydrogens is 388 g/mol. The van der Waals surface area contributed by atoms with Crippen LogP contribution in [0.3, 0.4) is 0 Å². The number of halogens is 1. The lowest BCUT2D eigenvalue weighted by Crippen LogP contribution is -2.47. The predicted molar refractivity (Wildman–Crippen MR) is 101 cm³/mol. The number of hydrogen-bond donors (Lipinski definition) is 0. The van der Waals surface area contributed by atoms with Crippen LogP contribution in [-0.4, -0.2) is 57.5 Å². The van der Waals surface area contributed by atoms with E-state index >= 15 is 0 Å². The number of piperidine rings is 1. The molecule has 0 aliphatic carbocycles. The molecule has 1 amide bonds. The predicted octanol–water partition coefficient (Wildman–Crippen LogP) is 3.09. The molecule has 5 heterocycles. The van der Waals surface area contributed by atoms with Crippen molar-refractivity contribution >= 4 is 34.5 Å². The van der Waals surface area contributed by atoms with Crippen LogP contribution in [0.15, 0.2) is 30.6 Å². The average molecular weight is 405 g/mol. The number of aromatic nitrogens is 3. The van der Waals surface area contributed by atoms with E-state index in [0.717, 1.165) is 10.6 Å². The van der Waals surface area contributed by atoms with Crippen molar-refractivity contribution in [1.29, 1.82) is 0 Å². The first-order valence-electron chi connectivity index (χ1n) is 8.81. The maximum Gasteiger partial charge on any atom is 0.259 e. The number of nitrogens with zero attached hydrogens (tertiary/aromatic N) is 4. The molecule has 7 nitrogen and oxygen atoms in total. The summed E-state index contributed by atoms with van der Waals surface area (Å²) >= 11 is 7.53. The van der Waals surface area contributed by atoms with Gasteiger partial charge in [0.05, 0.1) is 34.3 Å². The Kier molecular flexibility index (Phi) is 4.16. The third-order valence-corrected chi connectivity index (χ3v) is 6.34. The standard InChI is InChI=1S/C18H17ClN4O3S/c19-15-2-1-14(27-15)13-3-6-20-16-12(11-21-23(13)16)17(24)22-7-4-18(5-8-22)25-9-10-26-18/h1-3,6,11H,4-5,7-10H2. The van der Waals surface area contributed by atoms with E-state index in [-0.39, 0.29) is 5.91 Å². The highest BCUT2D eigenvalue weighted by molar-refractivity contribution is 7.19. The summed E-state index contributed by atoms with van der Waals surface area (Å²) in [5.41, 5.74) is 1.92. The van der Waals surface area contributed by atoms with Crippen LogP contribution in [0.25, 0.3) is 16.2 Å². The molecule has 2 aliphatic rings. The molecule has 0 saturated carbocycles. The molecule has 2 fully saturated rings. The third-order valence-electron chi connectivity index (χ3n) is 5.08. The number of ether oxygens (including phenoxy) is 2. The summed E-state index contributed by atoms with van der Waals surface area (Å²) in [4.78, 5) is 20.3. The fraction of sp³-hybridized carbons (Fsp3) is 0.389. The maximum atomic E-state index is 13.1. The minimum Gasteiger partial charge on any atom is -0.347 e. The van der Waals surface area contributed by atoms with Gasteiger partial charge in [0.1, 0.15) is 5.56 Å². The Morgan fingerprint density at radius 1 is 1.19 bits per heavy atom. The summed E-state index contributed by atoms with van der Waals surface area (Å²) in [5.74, 6) is -0.562. The molecule has 3 aromatic rings. The van der Waals surface area contributed by atoms with E-state index < -0.39 is 5.79 Å². The van der Waals surface area contributed by atoms with Crippen molar-refractivity contribution in [2.24, 2.45) is 0 Å². The Morgan fingerprint density at radius 2 is 1.96 bits per heavy atom. The molecule has 0 unspecified atom stereocenters. The second-order valence-corrected chi connectivity index (χ2v) is 8.34. The third kappa shape index (κ3) is 2.93. The van der Waals surface area contributed by atoms with Gasteiger partial charge in [-0.1, -0.05) is 11.6 Å². The molecule has 0 bridgehead atoms. The number of hydrogen-bond acceptors (Lipinski definition) is 6. The van der Waals surface area contributed by atoms with Gasteiger partial charge in [0, 0.05) is 32.1 Å². The first-order chi connectivity index (χ1) is 13.2. The highest BCUT2D eigenvalue weighted by atomic mass is 35.5. The first kappa shape index (κ1) is 17.1.